The van der Waals surface area contributed by atoms with Crippen LogP contribution in [0.5, 0.6) is 0 Å². The Labute approximate surface area is 93.8 Å². The summed E-state index contributed by atoms with van der Waals surface area (Å²) in [4.78, 5) is 0. The number of fused-ring (bicyclic) bond motifs is 3. The zero-order chi connectivity index (χ0) is 9.88. The maximum absolute atomic E-state index is 1.65. The molecule has 0 aliphatic heterocycles. The van der Waals surface area contributed by atoms with Gasteiger partial charge in [-0.05, 0) is 67.6 Å². The maximum atomic E-state index is 1.65. The van der Waals surface area contributed by atoms with Crippen molar-refractivity contribution in [2.24, 2.45) is 29.1 Å². The molecule has 15 heavy (non-hydrogen) atoms. The molecule has 0 radical (unpaired) electrons. The zero-order valence-corrected chi connectivity index (χ0v) is 9.88. The number of hydrogen-bond acceptors (Lipinski definition) is 0. The van der Waals surface area contributed by atoms with Crippen molar-refractivity contribution in [2.45, 2.75) is 64.2 Å². The minimum absolute atomic E-state index is 0.878. The SMILES string of the molecule is C1CC2CC3CC4(CCCC4)CC3C2C1. The first-order valence-corrected chi connectivity index (χ1v) is 7.36. The van der Waals surface area contributed by atoms with Gasteiger partial charge in [0.2, 0.25) is 0 Å². The average molecular weight is 204 g/mol. The molecule has 4 saturated carbocycles. The van der Waals surface area contributed by atoms with Gasteiger partial charge in [0.1, 0.15) is 0 Å². The summed E-state index contributed by atoms with van der Waals surface area (Å²) < 4.78 is 0. The van der Waals surface area contributed by atoms with Gasteiger partial charge in [-0.15, -0.1) is 0 Å². The molecule has 0 heterocycles. The van der Waals surface area contributed by atoms with E-state index in [1.165, 1.54) is 23.7 Å². The fraction of sp³-hybridized carbons (Fsp3) is 1.00. The van der Waals surface area contributed by atoms with Crippen LogP contribution in [0.2, 0.25) is 0 Å². The van der Waals surface area contributed by atoms with E-state index in [2.05, 4.69) is 0 Å². The second-order valence-electron chi connectivity index (χ2n) is 7.13. The Morgan fingerprint density at radius 3 is 2.47 bits per heavy atom. The normalized spacial score (nSPS) is 51.2. The van der Waals surface area contributed by atoms with Crippen LogP contribution in [0.25, 0.3) is 0 Å². The minimum Gasteiger partial charge on any atom is -0.0528 e. The van der Waals surface area contributed by atoms with Crippen LogP contribution in [0.15, 0.2) is 0 Å². The Balaban J connectivity index is 1.57. The highest BCUT2D eigenvalue weighted by atomic mass is 14.6. The minimum atomic E-state index is 0.878. The molecule has 84 valence electrons. The van der Waals surface area contributed by atoms with Gasteiger partial charge in [-0.1, -0.05) is 25.7 Å². The van der Waals surface area contributed by atoms with Crippen molar-refractivity contribution in [3.05, 3.63) is 0 Å². The lowest BCUT2D eigenvalue weighted by molar-refractivity contribution is 0.246. The third-order valence-electron chi connectivity index (χ3n) is 6.51. The second-order valence-corrected chi connectivity index (χ2v) is 7.13. The topological polar surface area (TPSA) is 0 Å². The van der Waals surface area contributed by atoms with E-state index in [-0.39, 0.29) is 0 Å². The van der Waals surface area contributed by atoms with Crippen molar-refractivity contribution in [2.75, 3.05) is 0 Å². The van der Waals surface area contributed by atoms with Crippen molar-refractivity contribution in [3.8, 4) is 0 Å². The van der Waals surface area contributed by atoms with Crippen molar-refractivity contribution < 1.29 is 0 Å². The van der Waals surface area contributed by atoms with Crippen LogP contribution in [-0.4, -0.2) is 0 Å². The zero-order valence-electron chi connectivity index (χ0n) is 9.88. The van der Waals surface area contributed by atoms with Gasteiger partial charge >= 0.3 is 0 Å². The Hall–Kier alpha value is 0. The Kier molecular flexibility index (Phi) is 1.83. The lowest BCUT2D eigenvalue weighted by Crippen LogP contribution is -2.16. The Morgan fingerprint density at radius 1 is 0.733 bits per heavy atom. The lowest BCUT2D eigenvalue weighted by Gasteiger charge is -2.26. The van der Waals surface area contributed by atoms with E-state index in [9.17, 15) is 0 Å². The lowest BCUT2D eigenvalue weighted by atomic mass is 9.79. The fourth-order valence-electron chi connectivity index (χ4n) is 6.06. The van der Waals surface area contributed by atoms with Crippen LogP contribution < -0.4 is 0 Å². The molecule has 1 spiro atoms. The number of rotatable bonds is 0. The summed E-state index contributed by atoms with van der Waals surface area (Å²) >= 11 is 0. The van der Waals surface area contributed by atoms with Gasteiger partial charge in [0, 0.05) is 0 Å². The molecule has 4 fully saturated rings. The summed E-state index contributed by atoms with van der Waals surface area (Å²) in [6.45, 7) is 0. The molecule has 0 saturated heterocycles. The van der Waals surface area contributed by atoms with E-state index >= 15 is 0 Å². The predicted molar refractivity (Wildman–Crippen MR) is 62.6 cm³/mol. The molecule has 0 aromatic carbocycles. The third-order valence-corrected chi connectivity index (χ3v) is 6.51. The number of hydrogen-bond donors (Lipinski definition) is 0. The molecule has 4 unspecified atom stereocenters. The van der Waals surface area contributed by atoms with E-state index in [4.69, 9.17) is 0 Å². The second kappa shape index (κ2) is 3.02. The summed E-state index contributed by atoms with van der Waals surface area (Å²) in [5.41, 5.74) is 0.878. The molecular weight excluding hydrogens is 180 g/mol. The van der Waals surface area contributed by atoms with Gasteiger partial charge in [-0.25, -0.2) is 0 Å². The summed E-state index contributed by atoms with van der Waals surface area (Å²) in [5.74, 6) is 4.74. The van der Waals surface area contributed by atoms with Crippen LogP contribution in [-0.2, 0) is 0 Å². The molecule has 4 rings (SSSR count). The van der Waals surface area contributed by atoms with Crippen molar-refractivity contribution in [1.29, 1.82) is 0 Å². The first-order valence-electron chi connectivity index (χ1n) is 7.36. The summed E-state index contributed by atoms with van der Waals surface area (Å²) in [6, 6.07) is 0. The first kappa shape index (κ1) is 9.07. The van der Waals surface area contributed by atoms with E-state index < -0.39 is 0 Å². The molecule has 0 bridgehead atoms. The van der Waals surface area contributed by atoms with E-state index in [0.29, 0.717) is 0 Å². The average Bonchev–Trinajstić information content (AvgIpc) is 2.89. The largest absolute Gasteiger partial charge is 0.0528 e. The predicted octanol–water partition coefficient (Wildman–Crippen LogP) is 4.39. The van der Waals surface area contributed by atoms with Gasteiger partial charge in [-0.3, -0.25) is 0 Å². The Bertz CT molecular complexity index is 261. The molecule has 0 heteroatoms. The van der Waals surface area contributed by atoms with Gasteiger partial charge in [-0.2, -0.15) is 0 Å². The maximum Gasteiger partial charge on any atom is -0.0292 e. The molecule has 0 N–H and O–H groups in total. The highest BCUT2D eigenvalue weighted by Gasteiger charge is 2.54. The van der Waals surface area contributed by atoms with Gasteiger partial charge in [0.05, 0.1) is 0 Å². The van der Waals surface area contributed by atoms with Crippen LogP contribution >= 0.6 is 0 Å². The van der Waals surface area contributed by atoms with Gasteiger partial charge in [0.25, 0.3) is 0 Å². The quantitative estimate of drug-likeness (QED) is 0.549. The van der Waals surface area contributed by atoms with Crippen LogP contribution in [0.1, 0.15) is 64.2 Å². The smallest absolute Gasteiger partial charge is 0.0292 e. The van der Waals surface area contributed by atoms with Crippen molar-refractivity contribution in [1.82, 2.24) is 0 Å². The van der Waals surface area contributed by atoms with Crippen LogP contribution in [0.4, 0.5) is 0 Å². The van der Waals surface area contributed by atoms with Crippen LogP contribution in [0, 0.1) is 29.1 Å². The highest BCUT2D eigenvalue weighted by molar-refractivity contribution is 5.05. The molecule has 0 aromatic rings. The molecule has 0 aromatic heterocycles. The van der Waals surface area contributed by atoms with E-state index in [1.807, 2.05) is 0 Å². The summed E-state index contributed by atoms with van der Waals surface area (Å²) in [5, 5.41) is 0. The first-order chi connectivity index (χ1) is 7.36. The monoisotopic (exact) mass is 204 g/mol. The molecule has 0 amide bonds. The highest BCUT2D eigenvalue weighted by Crippen LogP contribution is 2.64. The molecular formula is C15H24. The molecule has 4 aliphatic carbocycles. The Morgan fingerprint density at radius 2 is 1.60 bits per heavy atom. The molecule has 0 nitrogen and oxygen atoms in total. The van der Waals surface area contributed by atoms with Gasteiger partial charge in [0.15, 0.2) is 0 Å². The van der Waals surface area contributed by atoms with Crippen LogP contribution in [0.3, 0.4) is 0 Å². The van der Waals surface area contributed by atoms with Gasteiger partial charge < -0.3 is 0 Å². The van der Waals surface area contributed by atoms with Crippen molar-refractivity contribution in [3.63, 3.8) is 0 Å². The summed E-state index contributed by atoms with van der Waals surface area (Å²) in [7, 11) is 0. The van der Waals surface area contributed by atoms with E-state index in [1.54, 1.807) is 64.2 Å². The third kappa shape index (κ3) is 1.20. The summed E-state index contributed by atoms with van der Waals surface area (Å²) in [6.07, 6.45) is 16.0. The molecule has 4 aliphatic rings. The fourth-order valence-corrected chi connectivity index (χ4v) is 6.06. The standard InChI is InChI=1S/C15H24/c1-2-7-15(6-1)9-12-8-11-4-3-5-13(11)14(12)10-15/h11-14H,1-10H2. The van der Waals surface area contributed by atoms with Crippen molar-refractivity contribution >= 4 is 0 Å². The van der Waals surface area contributed by atoms with E-state index in [0.717, 1.165) is 5.41 Å². The molecule has 4 atom stereocenters.